The lowest BCUT2D eigenvalue weighted by molar-refractivity contribution is -0.870. The number of carbonyl (C=O) groups is 3. The standard InChI is InChI=1S/C44H76NO10P/c1-6-8-10-12-14-15-16-17-18-19-20-22-24-28-43(47)51-35-38(36-53-56(49,50)52-33-32-45(3,4)5)54-44(48)29-25-27-41-42(55-41)34-39-37(30-31-40(39)46)26-23-21-13-11-9-7-2/h21,23,30-31,34,37-38,41-42H,6-20,22,24-29,32-33,35-36H2,1-5H3/p+1/b23-21-,39-34+/t37-,38+,41+,42+/m0/s1. The molecule has 0 amide bonds. The smallest absolute Gasteiger partial charge is 0.462 e. The fourth-order valence-electron chi connectivity index (χ4n) is 6.58. The normalized spacial score (nSPS) is 20.5. The van der Waals surface area contributed by atoms with Gasteiger partial charge in [0.2, 0.25) is 0 Å². The molecule has 11 nitrogen and oxygen atoms in total. The first-order valence-electron chi connectivity index (χ1n) is 21.9. The van der Waals surface area contributed by atoms with Crippen molar-refractivity contribution in [2.75, 3.05) is 47.5 Å². The molecule has 56 heavy (non-hydrogen) atoms. The Kier molecular flexibility index (Phi) is 26.0. The van der Waals surface area contributed by atoms with Crippen LogP contribution in [0.2, 0.25) is 0 Å². The number of quaternary nitrogens is 1. The van der Waals surface area contributed by atoms with Gasteiger partial charge in [0.1, 0.15) is 25.9 Å². The minimum atomic E-state index is -4.43. The Bertz CT molecular complexity index is 1260. The van der Waals surface area contributed by atoms with E-state index in [4.69, 9.17) is 23.3 Å². The predicted molar refractivity (Wildman–Crippen MR) is 222 cm³/mol. The van der Waals surface area contributed by atoms with Gasteiger partial charge in [0.25, 0.3) is 0 Å². The van der Waals surface area contributed by atoms with E-state index >= 15 is 0 Å². The van der Waals surface area contributed by atoms with E-state index in [1.165, 1.54) is 77.0 Å². The topological polar surface area (TPSA) is 138 Å². The van der Waals surface area contributed by atoms with Crippen molar-refractivity contribution in [1.82, 2.24) is 0 Å². The van der Waals surface area contributed by atoms with Gasteiger partial charge in [0.15, 0.2) is 11.9 Å². The first kappa shape index (κ1) is 50.0. The van der Waals surface area contributed by atoms with Crippen LogP contribution < -0.4 is 0 Å². The van der Waals surface area contributed by atoms with Crippen molar-refractivity contribution in [3.8, 4) is 0 Å². The van der Waals surface area contributed by atoms with Crippen LogP contribution in [-0.2, 0) is 42.2 Å². The number of phosphoric acid groups is 1. The maximum absolute atomic E-state index is 12.8. The number of hydrogen-bond donors (Lipinski definition) is 1. The molecule has 1 aliphatic heterocycles. The Labute approximate surface area is 339 Å². The van der Waals surface area contributed by atoms with Crippen LogP contribution in [0, 0.1) is 5.92 Å². The van der Waals surface area contributed by atoms with Gasteiger partial charge < -0.3 is 23.6 Å². The van der Waals surface area contributed by atoms with Gasteiger partial charge in [-0.2, -0.15) is 0 Å². The van der Waals surface area contributed by atoms with Crippen LogP contribution in [0.15, 0.2) is 36.0 Å². The van der Waals surface area contributed by atoms with Gasteiger partial charge >= 0.3 is 19.8 Å². The second-order valence-corrected chi connectivity index (χ2v) is 18.0. The zero-order chi connectivity index (χ0) is 41.1. The van der Waals surface area contributed by atoms with Crippen LogP contribution >= 0.6 is 7.82 Å². The second-order valence-electron chi connectivity index (χ2n) is 16.6. The Morgan fingerprint density at radius 2 is 1.43 bits per heavy atom. The fourth-order valence-corrected chi connectivity index (χ4v) is 7.32. The molecule has 1 saturated heterocycles. The number of allylic oxidation sites excluding steroid dienone is 5. The average Bonchev–Trinajstić information content (AvgIpc) is 3.80. The van der Waals surface area contributed by atoms with Gasteiger partial charge in [-0.05, 0) is 50.7 Å². The maximum Gasteiger partial charge on any atom is 0.472 e. The van der Waals surface area contributed by atoms with Crippen molar-refractivity contribution in [2.45, 2.75) is 173 Å². The summed E-state index contributed by atoms with van der Waals surface area (Å²) in [6.45, 7) is 4.16. The number of nitrogens with zero attached hydrogens (tertiary/aromatic N) is 1. The number of phosphoric ester groups is 1. The molecule has 1 heterocycles. The Morgan fingerprint density at radius 3 is 2.07 bits per heavy atom. The van der Waals surface area contributed by atoms with Crippen LogP contribution in [0.1, 0.15) is 155 Å². The number of hydrogen-bond acceptors (Lipinski definition) is 9. The third kappa shape index (κ3) is 25.3. The highest BCUT2D eigenvalue weighted by atomic mass is 31.2. The predicted octanol–water partition coefficient (Wildman–Crippen LogP) is 9.91. The summed E-state index contributed by atoms with van der Waals surface area (Å²) in [5, 5.41) is 0. The van der Waals surface area contributed by atoms with E-state index in [-0.39, 0.29) is 50.0 Å². The van der Waals surface area contributed by atoms with Gasteiger partial charge in [-0.25, -0.2) is 4.57 Å². The molecule has 1 aliphatic carbocycles. The van der Waals surface area contributed by atoms with Crippen LogP contribution in [0.25, 0.3) is 0 Å². The van der Waals surface area contributed by atoms with E-state index < -0.39 is 32.5 Å². The molecule has 0 aromatic heterocycles. The first-order valence-corrected chi connectivity index (χ1v) is 23.3. The van der Waals surface area contributed by atoms with Crippen LogP contribution in [0.5, 0.6) is 0 Å². The minimum Gasteiger partial charge on any atom is -0.462 e. The van der Waals surface area contributed by atoms with Crippen molar-refractivity contribution >= 4 is 25.5 Å². The Hall–Kier alpha value is -2.14. The van der Waals surface area contributed by atoms with E-state index in [1.54, 1.807) is 6.08 Å². The number of epoxide rings is 1. The van der Waals surface area contributed by atoms with Crippen molar-refractivity contribution < 1.29 is 51.6 Å². The van der Waals surface area contributed by atoms with Gasteiger partial charge in [-0.3, -0.25) is 23.4 Å². The molecule has 0 bridgehead atoms. The molecular weight excluding hydrogens is 733 g/mol. The molecule has 0 aromatic carbocycles. The largest absolute Gasteiger partial charge is 0.472 e. The molecule has 322 valence electrons. The molecule has 2 aliphatic rings. The molecule has 2 rings (SSSR count). The number of carbonyl (C=O) groups excluding carboxylic acids is 3. The molecule has 0 radical (unpaired) electrons. The third-order valence-electron chi connectivity index (χ3n) is 10.2. The van der Waals surface area contributed by atoms with Gasteiger partial charge in [0, 0.05) is 24.3 Å². The lowest BCUT2D eigenvalue weighted by atomic mass is 9.96. The van der Waals surface area contributed by atoms with Crippen molar-refractivity contribution in [1.29, 1.82) is 0 Å². The highest BCUT2D eigenvalue weighted by Gasteiger charge is 2.38. The molecule has 1 unspecified atom stereocenters. The highest BCUT2D eigenvalue weighted by molar-refractivity contribution is 7.47. The molecular formula is C44H77NO10P+. The monoisotopic (exact) mass is 811 g/mol. The minimum absolute atomic E-state index is 0.00173. The van der Waals surface area contributed by atoms with Gasteiger partial charge in [-0.1, -0.05) is 122 Å². The summed E-state index contributed by atoms with van der Waals surface area (Å²) >= 11 is 0. The van der Waals surface area contributed by atoms with E-state index in [2.05, 4.69) is 26.0 Å². The number of rotatable bonds is 35. The maximum atomic E-state index is 12.8. The Morgan fingerprint density at radius 1 is 0.821 bits per heavy atom. The zero-order valence-corrected chi connectivity index (χ0v) is 36.5. The quantitative estimate of drug-likeness (QED) is 0.0125. The number of ether oxygens (including phenoxy) is 3. The van der Waals surface area contributed by atoms with Gasteiger partial charge in [0.05, 0.1) is 33.9 Å². The van der Waals surface area contributed by atoms with Crippen molar-refractivity contribution in [3.05, 3.63) is 36.0 Å². The second kappa shape index (κ2) is 29.1. The molecule has 1 N–H and O–H groups in total. The number of likely N-dealkylation sites (N-methyl/N-ethyl adjacent to an activating group) is 1. The summed E-state index contributed by atoms with van der Waals surface area (Å²) in [4.78, 5) is 48.1. The molecule has 5 atom stereocenters. The van der Waals surface area contributed by atoms with Gasteiger partial charge in [-0.15, -0.1) is 0 Å². The molecule has 0 saturated carbocycles. The number of ketones is 1. The molecule has 1 fully saturated rings. The first-order chi connectivity index (χ1) is 26.8. The fraction of sp³-hybridized carbons (Fsp3) is 0.795. The Balaban J connectivity index is 1.74. The number of esters is 2. The summed E-state index contributed by atoms with van der Waals surface area (Å²) in [5.74, 6) is -0.865. The van der Waals surface area contributed by atoms with E-state index in [9.17, 15) is 23.8 Å². The van der Waals surface area contributed by atoms with Crippen LogP contribution in [-0.4, -0.2) is 92.9 Å². The summed E-state index contributed by atoms with van der Waals surface area (Å²) < 4.78 is 40.1. The van der Waals surface area contributed by atoms with E-state index in [1.807, 2.05) is 33.3 Å². The SMILES string of the molecule is CCCCC/C=C\C[C@H]1C=CC(=O)/C1=C/[C@H]1O[C@@H]1CCCC(=O)O[C@H](COC(=O)CCCCCCCCCCCCCCC)COP(=O)(O)OCC[N+](C)(C)C. The van der Waals surface area contributed by atoms with Crippen LogP contribution in [0.3, 0.4) is 0 Å². The zero-order valence-electron chi connectivity index (χ0n) is 35.6. The lowest BCUT2D eigenvalue weighted by Gasteiger charge is -2.24. The number of unbranched alkanes of at least 4 members (excludes halogenated alkanes) is 15. The summed E-state index contributed by atoms with van der Waals surface area (Å²) in [7, 11) is 1.36. The average molecular weight is 811 g/mol. The van der Waals surface area contributed by atoms with Crippen molar-refractivity contribution in [2.24, 2.45) is 5.92 Å². The third-order valence-corrected chi connectivity index (χ3v) is 11.2. The molecule has 0 spiro atoms. The van der Waals surface area contributed by atoms with E-state index in [0.29, 0.717) is 30.3 Å². The van der Waals surface area contributed by atoms with Crippen molar-refractivity contribution in [3.63, 3.8) is 0 Å². The lowest BCUT2D eigenvalue weighted by Crippen LogP contribution is -2.37. The summed E-state index contributed by atoms with van der Waals surface area (Å²) in [6.07, 6.45) is 31.1. The highest BCUT2D eigenvalue weighted by Crippen LogP contribution is 2.43. The molecule has 12 heteroatoms. The summed E-state index contributed by atoms with van der Waals surface area (Å²) in [5.41, 5.74) is 0.768. The van der Waals surface area contributed by atoms with E-state index in [0.717, 1.165) is 37.7 Å². The van der Waals surface area contributed by atoms with Crippen LogP contribution in [0.4, 0.5) is 0 Å². The summed E-state index contributed by atoms with van der Waals surface area (Å²) in [6, 6.07) is 0. The molecule has 0 aromatic rings.